The first kappa shape index (κ1) is 40.3. The topological polar surface area (TPSA) is 68.6 Å². The molecule has 0 saturated carbocycles. The fourth-order valence-corrected chi connectivity index (χ4v) is 8.20. The third kappa shape index (κ3) is 10.00. The lowest BCUT2D eigenvalue weighted by atomic mass is 10.0. The molecular weight excluding hydrogens is 830 g/mol. The number of halogens is 4. The first-order chi connectivity index (χ1) is 27.6. The summed E-state index contributed by atoms with van der Waals surface area (Å²) in [4.78, 5) is 19.3. The number of aromatic nitrogens is 4. The van der Waals surface area contributed by atoms with E-state index in [0.29, 0.717) is 31.9 Å². The largest absolute Gasteiger partial charge is 0.255 e. The van der Waals surface area contributed by atoms with Crippen molar-refractivity contribution in [3.63, 3.8) is 0 Å². The fourth-order valence-electron chi connectivity index (χ4n) is 6.17. The molecule has 1 atom stereocenters. The molecule has 0 saturated heterocycles. The molecule has 0 N–H and O–H groups in total. The average Bonchev–Trinajstić information content (AvgIpc) is 3.24. The summed E-state index contributed by atoms with van der Waals surface area (Å²) in [6.45, 7) is 0. The van der Waals surface area contributed by atoms with Crippen LogP contribution in [0.2, 0.25) is 20.6 Å². The minimum absolute atomic E-state index is 0.123. The van der Waals surface area contributed by atoms with E-state index in [1.165, 1.54) is 5.56 Å². The Hall–Kier alpha value is -4.86. The van der Waals surface area contributed by atoms with Crippen LogP contribution in [0.15, 0.2) is 168 Å². The summed E-state index contributed by atoms with van der Waals surface area (Å²) < 4.78 is 12.2. The summed E-state index contributed by atoms with van der Waals surface area (Å²) in [7, 11) is -1.19. The molecule has 0 spiro atoms. The molecule has 8 rings (SSSR count). The van der Waals surface area contributed by atoms with E-state index < -0.39 is 10.8 Å². The minimum Gasteiger partial charge on any atom is -0.255 e. The summed E-state index contributed by atoms with van der Waals surface area (Å²) in [6, 6.07) is 51.6. The molecule has 57 heavy (non-hydrogen) atoms. The van der Waals surface area contributed by atoms with Crippen molar-refractivity contribution in [1.29, 1.82) is 0 Å². The second kappa shape index (κ2) is 18.6. The van der Waals surface area contributed by atoms with Crippen molar-refractivity contribution >= 4 is 69.0 Å². The van der Waals surface area contributed by atoms with Gasteiger partial charge >= 0.3 is 0 Å². The van der Waals surface area contributed by atoms with E-state index in [0.717, 1.165) is 49.7 Å². The van der Waals surface area contributed by atoms with E-state index in [-0.39, 0.29) is 10.6 Å². The summed E-state index contributed by atoms with van der Waals surface area (Å²) in [5.41, 5.74) is 10.9. The van der Waals surface area contributed by atoms with Crippen LogP contribution in [0.25, 0.3) is 67.3 Å². The first-order valence-corrected chi connectivity index (χ1v) is 21.8. The maximum Gasteiger partial charge on any atom is 0.223 e. The Bertz CT molecular complexity index is 2680. The van der Waals surface area contributed by atoms with Gasteiger partial charge in [-0.3, -0.25) is 4.21 Å². The van der Waals surface area contributed by atoms with Crippen molar-refractivity contribution in [3.8, 4) is 67.3 Å². The Labute approximate surface area is 358 Å². The first-order valence-electron chi connectivity index (χ1n) is 17.5. The Morgan fingerprint density at radius 3 is 1.28 bits per heavy atom. The zero-order valence-electron chi connectivity index (χ0n) is 30.5. The highest BCUT2D eigenvalue weighted by Crippen LogP contribution is 2.35. The lowest BCUT2D eigenvalue weighted by Crippen LogP contribution is -1.97. The maximum atomic E-state index is 12.2. The van der Waals surface area contributed by atoms with Gasteiger partial charge in [-0.1, -0.05) is 132 Å². The molecule has 0 radical (unpaired) electrons. The minimum atomic E-state index is -1.19. The van der Waals surface area contributed by atoms with E-state index >= 15 is 0 Å². The van der Waals surface area contributed by atoms with Gasteiger partial charge in [0.05, 0.1) is 33.6 Å². The molecule has 0 aliphatic carbocycles. The molecule has 11 heteroatoms. The molecule has 0 bridgehead atoms. The predicted molar refractivity (Wildman–Crippen MR) is 241 cm³/mol. The summed E-state index contributed by atoms with van der Waals surface area (Å²) in [5, 5.41) is 1.54. The van der Waals surface area contributed by atoms with E-state index in [1.54, 1.807) is 36.2 Å². The van der Waals surface area contributed by atoms with Crippen molar-refractivity contribution in [1.82, 2.24) is 19.9 Å². The maximum absolute atomic E-state index is 12.2. The zero-order valence-corrected chi connectivity index (χ0v) is 35.2. The van der Waals surface area contributed by atoms with Gasteiger partial charge in [-0.05, 0) is 100 Å². The van der Waals surface area contributed by atoms with Gasteiger partial charge < -0.3 is 0 Å². The van der Waals surface area contributed by atoms with Crippen LogP contribution in [0.1, 0.15) is 0 Å². The molecule has 0 amide bonds. The van der Waals surface area contributed by atoms with Crippen LogP contribution in [-0.4, -0.2) is 36.7 Å². The SMILES string of the molecule is CS(=O)c1ccc(Cl)cc1-c1cc(-c2ccc(-c3ccccc3)cc2)nc(Cl)n1.CSc1ccc(Cl)cc1-c1cc(-c2ccc(-c3ccccc3)cc2)nc(Cl)n1. The summed E-state index contributed by atoms with van der Waals surface area (Å²) >= 11 is 26.5. The van der Waals surface area contributed by atoms with Crippen molar-refractivity contribution in [2.75, 3.05) is 12.5 Å². The van der Waals surface area contributed by atoms with Gasteiger partial charge in [0.25, 0.3) is 0 Å². The average molecular weight is 863 g/mol. The molecule has 0 aliphatic heterocycles. The molecule has 2 aromatic heterocycles. The number of hydrogen-bond donors (Lipinski definition) is 0. The second-order valence-corrected chi connectivity index (χ2v) is 16.4. The summed E-state index contributed by atoms with van der Waals surface area (Å²) in [6.07, 6.45) is 3.65. The van der Waals surface area contributed by atoms with E-state index in [2.05, 4.69) is 68.5 Å². The second-order valence-electron chi connectivity index (χ2n) is 12.6. The lowest BCUT2D eigenvalue weighted by molar-refractivity contribution is 0.687. The smallest absolute Gasteiger partial charge is 0.223 e. The summed E-state index contributed by atoms with van der Waals surface area (Å²) in [5.74, 6) is 0. The van der Waals surface area contributed by atoms with Gasteiger partial charge in [0.1, 0.15) is 0 Å². The van der Waals surface area contributed by atoms with Gasteiger partial charge in [0.15, 0.2) is 0 Å². The van der Waals surface area contributed by atoms with Crippen LogP contribution in [-0.2, 0) is 10.8 Å². The third-order valence-electron chi connectivity index (χ3n) is 8.94. The van der Waals surface area contributed by atoms with Gasteiger partial charge in [0.2, 0.25) is 10.6 Å². The number of thioether (sulfide) groups is 1. The van der Waals surface area contributed by atoms with Crippen molar-refractivity contribution < 1.29 is 4.21 Å². The standard InChI is InChI=1S/C23H16Cl2N2OS.C23H16Cl2N2S/c1-29(28)22-12-11-18(24)13-19(22)21-14-20(26-23(25)27-21)17-9-7-16(8-10-17)15-5-3-2-4-6-15;1-28-22-12-11-18(24)13-19(22)21-14-20(26-23(25)27-21)17-9-7-16(8-10-17)15-5-3-2-4-6-15/h2-14H,1H3;2-14H,1H3. The number of benzene rings is 6. The molecule has 1 unspecified atom stereocenters. The van der Waals surface area contributed by atoms with Crippen molar-refractivity contribution in [3.05, 3.63) is 178 Å². The van der Waals surface area contributed by atoms with Crippen LogP contribution in [0.5, 0.6) is 0 Å². The van der Waals surface area contributed by atoms with Gasteiger partial charge in [-0.25, -0.2) is 19.9 Å². The Kier molecular flexibility index (Phi) is 13.2. The molecule has 0 aliphatic rings. The quantitative estimate of drug-likeness (QED) is 0.112. The number of hydrogen-bond acceptors (Lipinski definition) is 6. The van der Waals surface area contributed by atoms with E-state index in [1.807, 2.05) is 97.3 Å². The highest BCUT2D eigenvalue weighted by molar-refractivity contribution is 7.98. The van der Waals surface area contributed by atoms with Crippen LogP contribution in [0, 0.1) is 0 Å². The van der Waals surface area contributed by atoms with Gasteiger partial charge in [0, 0.05) is 48.3 Å². The van der Waals surface area contributed by atoms with Crippen LogP contribution >= 0.6 is 58.2 Å². The number of nitrogens with zero attached hydrogens (tertiary/aromatic N) is 4. The highest BCUT2D eigenvalue weighted by Gasteiger charge is 2.15. The van der Waals surface area contributed by atoms with E-state index in [9.17, 15) is 4.21 Å². The fraction of sp³-hybridized carbons (Fsp3) is 0.0435. The molecule has 6 aromatic carbocycles. The molecule has 5 nitrogen and oxygen atoms in total. The normalized spacial score (nSPS) is 11.4. The zero-order chi connectivity index (χ0) is 39.9. The molecule has 8 aromatic rings. The van der Waals surface area contributed by atoms with Crippen LogP contribution < -0.4 is 0 Å². The molecular formula is C46H32Cl4N4OS2. The Morgan fingerprint density at radius 2 is 0.825 bits per heavy atom. The van der Waals surface area contributed by atoms with Crippen molar-refractivity contribution in [2.24, 2.45) is 0 Å². The lowest BCUT2D eigenvalue weighted by Gasteiger charge is -2.10. The highest BCUT2D eigenvalue weighted by atomic mass is 35.5. The third-order valence-corrected chi connectivity index (χ3v) is 11.5. The molecule has 2 heterocycles. The molecule has 282 valence electrons. The van der Waals surface area contributed by atoms with Crippen LogP contribution in [0.4, 0.5) is 0 Å². The predicted octanol–water partition coefficient (Wildman–Crippen LogP) is 14.0. The van der Waals surface area contributed by atoms with Crippen LogP contribution in [0.3, 0.4) is 0 Å². The van der Waals surface area contributed by atoms with Gasteiger partial charge in [-0.2, -0.15) is 0 Å². The monoisotopic (exact) mass is 860 g/mol. The van der Waals surface area contributed by atoms with E-state index in [4.69, 9.17) is 46.4 Å². The Balaban J connectivity index is 0.000000174. The number of rotatable bonds is 8. The molecule has 0 fully saturated rings. The van der Waals surface area contributed by atoms with Crippen molar-refractivity contribution in [2.45, 2.75) is 9.79 Å². The van der Waals surface area contributed by atoms with Gasteiger partial charge in [-0.15, -0.1) is 11.8 Å². The Morgan fingerprint density at radius 1 is 0.439 bits per heavy atom.